The van der Waals surface area contributed by atoms with Crippen LogP contribution >= 0.6 is 0 Å². The molecular weight excluding hydrogens is 348 g/mol. The Balaban J connectivity index is 1.69. The van der Waals surface area contributed by atoms with Crippen molar-refractivity contribution >= 4 is 28.3 Å². The van der Waals surface area contributed by atoms with Crippen LogP contribution in [0.3, 0.4) is 0 Å². The highest BCUT2D eigenvalue weighted by atomic mass is 16.2. The molecule has 1 N–H and O–H groups in total. The molecule has 0 bridgehead atoms. The Kier molecular flexibility index (Phi) is 4.57. The molecule has 0 unspecified atom stereocenters. The summed E-state index contributed by atoms with van der Waals surface area (Å²) >= 11 is 0. The van der Waals surface area contributed by atoms with Crippen molar-refractivity contribution in [2.75, 3.05) is 19.4 Å². The van der Waals surface area contributed by atoms with E-state index in [1.165, 1.54) is 5.56 Å². The van der Waals surface area contributed by atoms with Crippen LogP contribution in [0.15, 0.2) is 72.9 Å². The molecule has 2 heterocycles. The van der Waals surface area contributed by atoms with Gasteiger partial charge in [0.25, 0.3) is 5.91 Å². The topological polar surface area (TPSA) is 50.2 Å². The SMILES string of the molecule is CN(C)C(=O)c1ccc(Nc2nccc3c2cc(-c2ccccc2)n3C)cc1. The molecule has 0 aliphatic carbocycles. The minimum absolute atomic E-state index is 0.0117. The smallest absolute Gasteiger partial charge is 0.253 e. The molecule has 5 nitrogen and oxygen atoms in total. The molecular formula is C23H22N4O. The largest absolute Gasteiger partial charge is 0.345 e. The third kappa shape index (κ3) is 3.22. The van der Waals surface area contributed by atoms with Gasteiger partial charge in [-0.3, -0.25) is 4.79 Å². The van der Waals surface area contributed by atoms with E-state index in [0.717, 1.165) is 28.1 Å². The summed E-state index contributed by atoms with van der Waals surface area (Å²) in [6, 6.07) is 21.9. The molecule has 4 rings (SSSR count). The van der Waals surface area contributed by atoms with Gasteiger partial charge in [0.2, 0.25) is 0 Å². The van der Waals surface area contributed by atoms with Gasteiger partial charge in [-0.05, 0) is 42.0 Å². The maximum atomic E-state index is 12.1. The Morgan fingerprint density at radius 1 is 1.00 bits per heavy atom. The minimum Gasteiger partial charge on any atom is -0.345 e. The molecule has 0 saturated carbocycles. The Morgan fingerprint density at radius 3 is 2.39 bits per heavy atom. The molecule has 2 aromatic carbocycles. The highest BCUT2D eigenvalue weighted by Crippen LogP contribution is 2.31. The van der Waals surface area contributed by atoms with Crippen LogP contribution in [0.4, 0.5) is 11.5 Å². The number of aryl methyl sites for hydroxylation is 1. The Morgan fingerprint density at radius 2 is 1.71 bits per heavy atom. The summed E-state index contributed by atoms with van der Waals surface area (Å²) in [7, 11) is 5.56. The van der Waals surface area contributed by atoms with Gasteiger partial charge < -0.3 is 14.8 Å². The molecule has 28 heavy (non-hydrogen) atoms. The van der Waals surface area contributed by atoms with Crippen LogP contribution in [0.2, 0.25) is 0 Å². The van der Waals surface area contributed by atoms with Crippen molar-refractivity contribution < 1.29 is 4.79 Å². The zero-order valence-corrected chi connectivity index (χ0v) is 16.2. The number of rotatable bonds is 4. The second kappa shape index (κ2) is 7.19. The van der Waals surface area contributed by atoms with E-state index in [1.54, 1.807) is 19.0 Å². The Bertz CT molecular complexity index is 1130. The van der Waals surface area contributed by atoms with Gasteiger partial charge in [0.15, 0.2) is 0 Å². The number of pyridine rings is 1. The van der Waals surface area contributed by atoms with E-state index in [-0.39, 0.29) is 5.91 Å². The van der Waals surface area contributed by atoms with Gasteiger partial charge in [-0.1, -0.05) is 30.3 Å². The third-order valence-electron chi connectivity index (χ3n) is 4.84. The zero-order valence-electron chi connectivity index (χ0n) is 16.2. The first-order valence-corrected chi connectivity index (χ1v) is 9.13. The number of aromatic nitrogens is 2. The van der Waals surface area contributed by atoms with Gasteiger partial charge in [-0.15, -0.1) is 0 Å². The van der Waals surface area contributed by atoms with Crippen LogP contribution in [0.25, 0.3) is 22.2 Å². The van der Waals surface area contributed by atoms with Crippen molar-refractivity contribution in [1.82, 2.24) is 14.5 Å². The standard InChI is InChI=1S/C23H22N4O/c1-26(2)23(28)17-9-11-18(12-10-17)25-22-19-15-21(16-7-5-4-6-8-16)27(3)20(19)13-14-24-22/h4-15H,1-3H3,(H,24,25). The fourth-order valence-corrected chi connectivity index (χ4v) is 3.34. The number of hydrogen-bond acceptors (Lipinski definition) is 3. The number of fused-ring (bicyclic) bond motifs is 1. The van der Waals surface area contributed by atoms with Crippen molar-refractivity contribution in [1.29, 1.82) is 0 Å². The molecule has 0 atom stereocenters. The first kappa shape index (κ1) is 17.8. The number of benzene rings is 2. The van der Waals surface area contributed by atoms with Crippen molar-refractivity contribution in [3.05, 3.63) is 78.5 Å². The third-order valence-corrected chi connectivity index (χ3v) is 4.84. The molecule has 0 aliphatic heterocycles. The Labute approximate surface area is 164 Å². The minimum atomic E-state index is -0.0117. The van der Waals surface area contributed by atoms with Gasteiger partial charge in [0.1, 0.15) is 5.82 Å². The highest BCUT2D eigenvalue weighted by Gasteiger charge is 2.12. The summed E-state index contributed by atoms with van der Waals surface area (Å²) < 4.78 is 2.18. The molecule has 0 spiro atoms. The fraction of sp³-hybridized carbons (Fsp3) is 0.130. The van der Waals surface area contributed by atoms with Crippen LogP contribution < -0.4 is 5.32 Å². The normalized spacial score (nSPS) is 10.8. The van der Waals surface area contributed by atoms with E-state index in [9.17, 15) is 4.79 Å². The van der Waals surface area contributed by atoms with Crippen molar-refractivity contribution in [2.24, 2.45) is 7.05 Å². The lowest BCUT2D eigenvalue weighted by Crippen LogP contribution is -2.21. The van der Waals surface area contributed by atoms with Gasteiger partial charge in [-0.2, -0.15) is 0 Å². The van der Waals surface area contributed by atoms with E-state index in [2.05, 4.69) is 40.1 Å². The monoisotopic (exact) mass is 370 g/mol. The lowest BCUT2D eigenvalue weighted by molar-refractivity contribution is 0.0827. The first-order chi connectivity index (χ1) is 13.5. The van der Waals surface area contributed by atoms with E-state index in [4.69, 9.17) is 0 Å². The maximum absolute atomic E-state index is 12.1. The second-order valence-electron chi connectivity index (χ2n) is 6.95. The summed E-state index contributed by atoms with van der Waals surface area (Å²) in [5.41, 5.74) is 4.96. The molecule has 4 aromatic rings. The number of amides is 1. The average Bonchev–Trinajstić information content (AvgIpc) is 3.06. The maximum Gasteiger partial charge on any atom is 0.253 e. The quantitative estimate of drug-likeness (QED) is 0.567. The lowest BCUT2D eigenvalue weighted by Gasteiger charge is -2.11. The second-order valence-corrected chi connectivity index (χ2v) is 6.95. The van der Waals surface area contributed by atoms with E-state index >= 15 is 0 Å². The molecule has 0 saturated heterocycles. The Hall–Kier alpha value is -3.60. The molecule has 140 valence electrons. The van der Waals surface area contributed by atoms with E-state index in [0.29, 0.717) is 5.56 Å². The summed E-state index contributed by atoms with van der Waals surface area (Å²) in [4.78, 5) is 18.2. The van der Waals surface area contributed by atoms with Crippen molar-refractivity contribution in [3.8, 4) is 11.3 Å². The molecule has 0 radical (unpaired) electrons. The summed E-state index contributed by atoms with van der Waals surface area (Å²) in [6.07, 6.45) is 1.81. The number of carbonyl (C=O) groups excluding carboxylic acids is 1. The van der Waals surface area contributed by atoms with Crippen LogP contribution in [0, 0.1) is 0 Å². The van der Waals surface area contributed by atoms with Crippen LogP contribution in [-0.4, -0.2) is 34.5 Å². The molecule has 0 aliphatic rings. The predicted octanol–water partition coefficient (Wildman–Crippen LogP) is 4.69. The van der Waals surface area contributed by atoms with Gasteiger partial charge in [0.05, 0.1) is 5.52 Å². The van der Waals surface area contributed by atoms with Crippen molar-refractivity contribution in [3.63, 3.8) is 0 Å². The number of carbonyl (C=O) groups is 1. The van der Waals surface area contributed by atoms with E-state index in [1.807, 2.05) is 54.7 Å². The molecule has 0 fully saturated rings. The molecule has 5 heteroatoms. The summed E-state index contributed by atoms with van der Waals surface area (Å²) in [5.74, 6) is 0.782. The summed E-state index contributed by atoms with van der Waals surface area (Å²) in [5, 5.41) is 4.44. The van der Waals surface area contributed by atoms with Gasteiger partial charge >= 0.3 is 0 Å². The van der Waals surface area contributed by atoms with Crippen LogP contribution in [0.5, 0.6) is 0 Å². The fourth-order valence-electron chi connectivity index (χ4n) is 3.34. The average molecular weight is 370 g/mol. The highest BCUT2D eigenvalue weighted by molar-refractivity contribution is 5.97. The van der Waals surface area contributed by atoms with Gasteiger partial charge in [0, 0.05) is 49.7 Å². The van der Waals surface area contributed by atoms with Gasteiger partial charge in [-0.25, -0.2) is 4.98 Å². The number of nitrogens with one attached hydrogen (secondary N) is 1. The number of anilines is 2. The summed E-state index contributed by atoms with van der Waals surface area (Å²) in [6.45, 7) is 0. The van der Waals surface area contributed by atoms with E-state index < -0.39 is 0 Å². The van der Waals surface area contributed by atoms with Crippen LogP contribution in [0.1, 0.15) is 10.4 Å². The zero-order chi connectivity index (χ0) is 19.7. The van der Waals surface area contributed by atoms with Crippen molar-refractivity contribution in [2.45, 2.75) is 0 Å². The number of nitrogens with zero attached hydrogens (tertiary/aromatic N) is 3. The first-order valence-electron chi connectivity index (χ1n) is 9.13. The predicted molar refractivity (Wildman–Crippen MR) is 114 cm³/mol. The molecule has 1 amide bonds. The lowest BCUT2D eigenvalue weighted by atomic mass is 10.1. The molecule has 2 aromatic heterocycles. The van der Waals surface area contributed by atoms with Crippen LogP contribution in [-0.2, 0) is 7.05 Å². The number of hydrogen-bond donors (Lipinski definition) is 1.